The summed E-state index contributed by atoms with van der Waals surface area (Å²) in [6.07, 6.45) is 0.781. The molecule has 6 nitrogen and oxygen atoms in total. The molecule has 0 atom stereocenters. The number of nitrogens with zero attached hydrogens (tertiary/aromatic N) is 2. The molecular weight excluding hydrogens is 246 g/mol. The van der Waals surface area contributed by atoms with Crippen LogP contribution in [0.5, 0.6) is 0 Å². The largest absolute Gasteiger partial charge is 0.462 e. The van der Waals surface area contributed by atoms with Gasteiger partial charge in [-0.15, -0.1) is 0 Å². The normalized spacial score (nSPS) is 13.1. The van der Waals surface area contributed by atoms with E-state index in [1.807, 2.05) is 6.07 Å². The first-order valence-electron chi connectivity index (χ1n) is 6.20. The van der Waals surface area contributed by atoms with Gasteiger partial charge in [0.25, 0.3) is 5.56 Å². The van der Waals surface area contributed by atoms with Gasteiger partial charge in [0.2, 0.25) is 0 Å². The van der Waals surface area contributed by atoms with E-state index in [2.05, 4.69) is 5.32 Å². The van der Waals surface area contributed by atoms with Crippen molar-refractivity contribution < 1.29 is 9.53 Å². The highest BCUT2D eigenvalue weighted by Gasteiger charge is 2.26. The SMILES string of the molecule is CCOC(=O)c1c(C)c(C#N)c(=O)n2c1NCCC2. The second-order valence-corrected chi connectivity index (χ2v) is 4.29. The Morgan fingerprint density at radius 3 is 2.95 bits per heavy atom. The highest BCUT2D eigenvalue weighted by atomic mass is 16.5. The third-order valence-electron chi connectivity index (χ3n) is 3.16. The number of aromatic nitrogens is 1. The summed E-state index contributed by atoms with van der Waals surface area (Å²) in [6, 6.07) is 1.88. The van der Waals surface area contributed by atoms with E-state index < -0.39 is 5.97 Å². The average molecular weight is 261 g/mol. The van der Waals surface area contributed by atoms with E-state index in [0.29, 0.717) is 24.5 Å². The molecule has 1 aromatic heterocycles. The van der Waals surface area contributed by atoms with Crippen LogP contribution in [0.2, 0.25) is 0 Å². The lowest BCUT2D eigenvalue weighted by Crippen LogP contribution is -2.34. The van der Waals surface area contributed by atoms with Crippen LogP contribution in [-0.2, 0) is 11.3 Å². The Labute approximate surface area is 110 Å². The van der Waals surface area contributed by atoms with E-state index in [1.165, 1.54) is 4.57 Å². The summed E-state index contributed by atoms with van der Waals surface area (Å²) in [5, 5.41) is 12.2. The Balaban J connectivity index is 2.75. The van der Waals surface area contributed by atoms with Gasteiger partial charge in [-0.05, 0) is 25.8 Å². The maximum atomic E-state index is 12.1. The lowest BCUT2D eigenvalue weighted by atomic mass is 10.0. The number of nitrogens with one attached hydrogen (secondary N) is 1. The third-order valence-corrected chi connectivity index (χ3v) is 3.16. The molecule has 0 aromatic carbocycles. The molecule has 0 radical (unpaired) electrons. The van der Waals surface area contributed by atoms with Crippen molar-refractivity contribution in [3.8, 4) is 6.07 Å². The zero-order valence-electron chi connectivity index (χ0n) is 10.9. The van der Waals surface area contributed by atoms with Gasteiger partial charge in [-0.2, -0.15) is 5.26 Å². The molecule has 19 heavy (non-hydrogen) atoms. The van der Waals surface area contributed by atoms with E-state index in [9.17, 15) is 9.59 Å². The first-order valence-corrected chi connectivity index (χ1v) is 6.20. The van der Waals surface area contributed by atoms with Crippen LogP contribution in [-0.4, -0.2) is 23.7 Å². The van der Waals surface area contributed by atoms with Crippen molar-refractivity contribution in [3.63, 3.8) is 0 Å². The molecule has 0 bridgehead atoms. The fourth-order valence-electron chi connectivity index (χ4n) is 2.26. The molecule has 0 saturated heterocycles. The van der Waals surface area contributed by atoms with Crippen LogP contribution >= 0.6 is 0 Å². The number of anilines is 1. The fraction of sp³-hybridized carbons (Fsp3) is 0.462. The maximum absolute atomic E-state index is 12.1. The fourth-order valence-corrected chi connectivity index (χ4v) is 2.26. The van der Waals surface area contributed by atoms with Gasteiger partial charge in [0.1, 0.15) is 23.0 Å². The Morgan fingerprint density at radius 1 is 1.58 bits per heavy atom. The number of fused-ring (bicyclic) bond motifs is 1. The average Bonchev–Trinajstić information content (AvgIpc) is 2.40. The number of pyridine rings is 1. The van der Waals surface area contributed by atoms with Crippen molar-refractivity contribution in [3.05, 3.63) is 27.0 Å². The lowest BCUT2D eigenvalue weighted by molar-refractivity contribution is 0.0525. The Hall–Kier alpha value is -2.29. The molecule has 0 spiro atoms. The molecule has 2 rings (SSSR count). The Morgan fingerprint density at radius 2 is 2.32 bits per heavy atom. The predicted molar refractivity (Wildman–Crippen MR) is 69.2 cm³/mol. The van der Waals surface area contributed by atoms with Crippen molar-refractivity contribution in [2.24, 2.45) is 0 Å². The van der Waals surface area contributed by atoms with Gasteiger partial charge in [-0.3, -0.25) is 9.36 Å². The van der Waals surface area contributed by atoms with Crippen molar-refractivity contribution in [1.82, 2.24) is 4.57 Å². The minimum absolute atomic E-state index is 0.00973. The Bertz CT molecular complexity index is 625. The number of hydrogen-bond donors (Lipinski definition) is 1. The van der Waals surface area contributed by atoms with Crippen LogP contribution in [0.15, 0.2) is 4.79 Å². The van der Waals surface area contributed by atoms with Crippen LogP contribution < -0.4 is 10.9 Å². The molecule has 100 valence electrons. The number of esters is 1. The number of ether oxygens (including phenoxy) is 1. The van der Waals surface area contributed by atoms with Gasteiger partial charge in [0.15, 0.2) is 0 Å². The summed E-state index contributed by atoms with van der Waals surface area (Å²) in [5.74, 6) is -0.0409. The number of nitriles is 1. The standard InChI is InChI=1S/C13H15N3O3/c1-3-19-13(18)10-8(2)9(7-14)12(17)16-6-4-5-15-11(10)16/h15H,3-6H2,1-2H3. The molecule has 1 aliphatic rings. The van der Waals surface area contributed by atoms with E-state index in [1.54, 1.807) is 13.8 Å². The van der Waals surface area contributed by atoms with Crippen LogP contribution in [0.3, 0.4) is 0 Å². The van der Waals surface area contributed by atoms with Crippen molar-refractivity contribution in [2.45, 2.75) is 26.8 Å². The van der Waals surface area contributed by atoms with Crippen molar-refractivity contribution in [2.75, 3.05) is 18.5 Å². The van der Waals surface area contributed by atoms with Crippen LogP contribution in [0.1, 0.15) is 34.8 Å². The second-order valence-electron chi connectivity index (χ2n) is 4.29. The molecular formula is C13H15N3O3. The lowest BCUT2D eigenvalue weighted by Gasteiger charge is -2.24. The zero-order chi connectivity index (χ0) is 14.0. The summed E-state index contributed by atoms with van der Waals surface area (Å²) in [7, 11) is 0. The summed E-state index contributed by atoms with van der Waals surface area (Å²) < 4.78 is 6.46. The molecule has 0 saturated carbocycles. The molecule has 1 aliphatic heterocycles. The molecule has 1 N–H and O–H groups in total. The van der Waals surface area contributed by atoms with Crippen LogP contribution in [0.4, 0.5) is 5.82 Å². The molecule has 0 unspecified atom stereocenters. The molecule has 2 heterocycles. The van der Waals surface area contributed by atoms with Crippen LogP contribution in [0, 0.1) is 18.3 Å². The van der Waals surface area contributed by atoms with Gasteiger partial charge in [-0.1, -0.05) is 0 Å². The first-order chi connectivity index (χ1) is 9.11. The molecule has 0 aliphatic carbocycles. The summed E-state index contributed by atoms with van der Waals surface area (Å²) in [4.78, 5) is 24.2. The summed E-state index contributed by atoms with van der Waals surface area (Å²) in [5.41, 5.74) is 0.329. The smallest absolute Gasteiger partial charge is 0.342 e. The van der Waals surface area contributed by atoms with Gasteiger partial charge in [-0.25, -0.2) is 4.79 Å². The highest BCUT2D eigenvalue weighted by Crippen LogP contribution is 2.24. The van der Waals surface area contributed by atoms with Crippen molar-refractivity contribution in [1.29, 1.82) is 5.26 Å². The van der Waals surface area contributed by atoms with Gasteiger partial charge in [0.05, 0.1) is 6.61 Å². The topological polar surface area (TPSA) is 84.1 Å². The number of rotatable bonds is 2. The predicted octanol–water partition coefficient (Wildman–Crippen LogP) is 1.02. The quantitative estimate of drug-likeness (QED) is 0.803. The number of carbonyl (C=O) groups is 1. The molecule has 6 heteroatoms. The maximum Gasteiger partial charge on any atom is 0.342 e. The van der Waals surface area contributed by atoms with E-state index in [4.69, 9.17) is 10.00 Å². The van der Waals surface area contributed by atoms with Gasteiger partial charge < -0.3 is 10.1 Å². The molecule has 0 fully saturated rings. The summed E-state index contributed by atoms with van der Waals surface area (Å²) >= 11 is 0. The summed E-state index contributed by atoms with van der Waals surface area (Å²) in [6.45, 7) is 4.76. The Kier molecular flexibility index (Phi) is 3.56. The van der Waals surface area contributed by atoms with E-state index in [-0.39, 0.29) is 23.3 Å². The van der Waals surface area contributed by atoms with Crippen LogP contribution in [0.25, 0.3) is 0 Å². The number of carbonyl (C=O) groups excluding carboxylic acids is 1. The molecule has 0 amide bonds. The molecule has 1 aromatic rings. The second kappa shape index (κ2) is 5.14. The zero-order valence-corrected chi connectivity index (χ0v) is 10.9. The van der Waals surface area contributed by atoms with Gasteiger partial charge >= 0.3 is 5.97 Å². The minimum Gasteiger partial charge on any atom is -0.462 e. The van der Waals surface area contributed by atoms with Gasteiger partial charge in [0, 0.05) is 13.1 Å². The highest BCUT2D eigenvalue weighted by molar-refractivity contribution is 5.97. The number of hydrogen-bond acceptors (Lipinski definition) is 5. The minimum atomic E-state index is -0.505. The first kappa shape index (κ1) is 13.1. The van der Waals surface area contributed by atoms with E-state index >= 15 is 0 Å². The van der Waals surface area contributed by atoms with E-state index in [0.717, 1.165) is 6.42 Å². The third kappa shape index (κ3) is 2.08. The van der Waals surface area contributed by atoms with Crippen molar-refractivity contribution >= 4 is 11.8 Å². The monoisotopic (exact) mass is 261 g/mol.